The van der Waals surface area contributed by atoms with Gasteiger partial charge < -0.3 is 10.5 Å². The lowest BCUT2D eigenvalue weighted by Gasteiger charge is -2.18. The van der Waals surface area contributed by atoms with E-state index in [0.29, 0.717) is 17.0 Å². The van der Waals surface area contributed by atoms with Crippen LogP contribution in [-0.4, -0.2) is 23.9 Å². The molecule has 1 aromatic rings. The van der Waals surface area contributed by atoms with Gasteiger partial charge in [-0.3, -0.25) is 9.59 Å². The number of hydrogen-bond donors (Lipinski definition) is 1. The van der Waals surface area contributed by atoms with Crippen LogP contribution in [0, 0.1) is 11.8 Å². The minimum Gasteiger partial charge on any atom is -0.495 e. The molecule has 2 N–H and O–H groups in total. The van der Waals surface area contributed by atoms with Crippen LogP contribution in [0.1, 0.15) is 19.4 Å². The van der Waals surface area contributed by atoms with Crippen LogP contribution < -0.4 is 15.4 Å². The van der Waals surface area contributed by atoms with Gasteiger partial charge in [0.1, 0.15) is 10.7 Å². The fraction of sp³-hybridized carbons (Fsp3) is 0.357. The van der Waals surface area contributed by atoms with Crippen LogP contribution in [0.3, 0.4) is 0 Å². The molecule has 0 bridgehead atoms. The molecular weight excluding hydrogens is 276 g/mol. The van der Waals surface area contributed by atoms with Crippen molar-refractivity contribution in [2.24, 2.45) is 17.6 Å². The average molecular weight is 292 g/mol. The Morgan fingerprint density at radius 2 is 1.80 bits per heavy atom. The maximum absolute atomic E-state index is 12.2. The van der Waals surface area contributed by atoms with Gasteiger partial charge in [-0.25, -0.2) is 4.90 Å². The van der Waals surface area contributed by atoms with Crippen molar-refractivity contribution in [2.75, 3.05) is 12.0 Å². The summed E-state index contributed by atoms with van der Waals surface area (Å²) in [5.74, 6) is -0.698. The van der Waals surface area contributed by atoms with Gasteiger partial charge in [-0.1, -0.05) is 26.1 Å². The zero-order valence-corrected chi connectivity index (χ0v) is 12.4. The molecule has 2 atom stereocenters. The number of carbonyl (C=O) groups is 2. The lowest BCUT2D eigenvalue weighted by molar-refractivity contribution is -0.122. The van der Waals surface area contributed by atoms with E-state index in [1.165, 1.54) is 12.0 Å². The van der Waals surface area contributed by atoms with Crippen LogP contribution in [0.25, 0.3) is 0 Å². The van der Waals surface area contributed by atoms with Crippen molar-refractivity contribution in [3.63, 3.8) is 0 Å². The molecule has 20 heavy (non-hydrogen) atoms. The van der Waals surface area contributed by atoms with Crippen LogP contribution in [0.4, 0.5) is 5.69 Å². The smallest absolute Gasteiger partial charge is 0.237 e. The summed E-state index contributed by atoms with van der Waals surface area (Å²) in [6.45, 7) is 3.50. The number of methoxy groups -OCH3 is 1. The number of carbonyl (C=O) groups excluding carboxylic acids is 2. The highest BCUT2D eigenvalue weighted by Gasteiger charge is 2.44. The van der Waals surface area contributed by atoms with Crippen molar-refractivity contribution >= 4 is 34.7 Å². The van der Waals surface area contributed by atoms with E-state index in [1.54, 1.807) is 32.0 Å². The number of imide groups is 1. The standard InChI is InChI=1S/C14H16N2O3S/c1-7-8(2)14(18)16(13(7)17)10-5-4-9(12(15)20)6-11(10)19-3/h4-8H,1-3H3,(H2,15,20). The van der Waals surface area contributed by atoms with Crippen molar-refractivity contribution in [1.82, 2.24) is 0 Å². The third kappa shape index (κ3) is 2.16. The second-order valence-electron chi connectivity index (χ2n) is 4.84. The van der Waals surface area contributed by atoms with Crippen LogP contribution >= 0.6 is 12.2 Å². The van der Waals surface area contributed by atoms with E-state index in [4.69, 9.17) is 22.7 Å². The molecule has 0 saturated carbocycles. The van der Waals surface area contributed by atoms with E-state index in [1.807, 2.05) is 0 Å². The molecule has 2 amide bonds. The molecule has 2 unspecified atom stereocenters. The number of anilines is 1. The van der Waals surface area contributed by atoms with Crippen LogP contribution in [0.15, 0.2) is 18.2 Å². The van der Waals surface area contributed by atoms with Gasteiger partial charge in [-0.15, -0.1) is 0 Å². The normalized spacial score (nSPS) is 22.2. The molecule has 2 rings (SSSR count). The number of rotatable bonds is 3. The number of ether oxygens (including phenoxy) is 1. The maximum Gasteiger partial charge on any atom is 0.237 e. The minimum atomic E-state index is -0.331. The predicted molar refractivity (Wildman–Crippen MR) is 79.7 cm³/mol. The molecular formula is C14H16N2O3S. The quantitative estimate of drug-likeness (QED) is 0.675. The monoisotopic (exact) mass is 292 g/mol. The third-order valence-corrected chi connectivity index (χ3v) is 3.91. The summed E-state index contributed by atoms with van der Waals surface area (Å²) >= 11 is 4.91. The first-order chi connectivity index (χ1) is 9.38. The molecule has 5 nitrogen and oxygen atoms in total. The number of thiocarbonyl (C=S) groups is 1. The Hall–Kier alpha value is -1.95. The number of amides is 2. The SMILES string of the molecule is COc1cc(C(N)=S)ccc1N1C(=O)C(C)C(C)C1=O. The van der Waals surface area contributed by atoms with Gasteiger partial charge >= 0.3 is 0 Å². The van der Waals surface area contributed by atoms with Crippen LogP contribution in [0.2, 0.25) is 0 Å². The van der Waals surface area contributed by atoms with Gasteiger partial charge in [-0.2, -0.15) is 0 Å². The minimum absolute atomic E-state index is 0.219. The fourth-order valence-electron chi connectivity index (χ4n) is 2.20. The van der Waals surface area contributed by atoms with Crippen molar-refractivity contribution in [2.45, 2.75) is 13.8 Å². The van der Waals surface area contributed by atoms with Crippen LogP contribution in [-0.2, 0) is 9.59 Å². The summed E-state index contributed by atoms with van der Waals surface area (Å²) in [6.07, 6.45) is 0. The Morgan fingerprint density at radius 3 is 2.25 bits per heavy atom. The molecule has 1 heterocycles. The second-order valence-corrected chi connectivity index (χ2v) is 5.28. The summed E-state index contributed by atoms with van der Waals surface area (Å²) in [5, 5.41) is 0. The van der Waals surface area contributed by atoms with Crippen LogP contribution in [0.5, 0.6) is 5.75 Å². The first kappa shape index (κ1) is 14.5. The molecule has 1 saturated heterocycles. The largest absolute Gasteiger partial charge is 0.495 e. The van der Waals surface area contributed by atoms with Gasteiger partial charge in [0.2, 0.25) is 11.8 Å². The van der Waals surface area contributed by atoms with E-state index in [9.17, 15) is 9.59 Å². The molecule has 0 aliphatic carbocycles. The van der Waals surface area contributed by atoms with Gasteiger partial charge in [0, 0.05) is 17.4 Å². The molecule has 106 valence electrons. The van der Waals surface area contributed by atoms with Gasteiger partial charge in [0.25, 0.3) is 0 Å². The summed E-state index contributed by atoms with van der Waals surface area (Å²) in [5.41, 5.74) is 6.62. The van der Waals surface area contributed by atoms with E-state index in [2.05, 4.69) is 0 Å². The van der Waals surface area contributed by atoms with Crippen molar-refractivity contribution in [1.29, 1.82) is 0 Å². The molecule has 6 heteroatoms. The number of benzene rings is 1. The molecule has 0 aromatic heterocycles. The van der Waals surface area contributed by atoms with Gasteiger partial charge in [0.05, 0.1) is 12.8 Å². The number of hydrogen-bond acceptors (Lipinski definition) is 4. The first-order valence-corrected chi connectivity index (χ1v) is 6.65. The highest BCUT2D eigenvalue weighted by Crippen LogP contribution is 2.36. The average Bonchev–Trinajstić information content (AvgIpc) is 2.62. The zero-order chi connectivity index (χ0) is 15.0. The fourth-order valence-corrected chi connectivity index (χ4v) is 2.32. The van der Waals surface area contributed by atoms with E-state index in [-0.39, 0.29) is 28.6 Å². The zero-order valence-electron chi connectivity index (χ0n) is 11.5. The Morgan fingerprint density at radius 1 is 1.25 bits per heavy atom. The van der Waals surface area contributed by atoms with E-state index >= 15 is 0 Å². The topological polar surface area (TPSA) is 72.6 Å². The van der Waals surface area contributed by atoms with Crippen molar-refractivity contribution in [3.05, 3.63) is 23.8 Å². The Labute approximate surface area is 122 Å². The molecule has 0 radical (unpaired) electrons. The molecule has 1 aliphatic heterocycles. The Balaban J connectivity index is 2.50. The highest BCUT2D eigenvalue weighted by atomic mass is 32.1. The second kappa shape index (κ2) is 5.20. The predicted octanol–water partition coefficient (Wildman–Crippen LogP) is 1.47. The molecule has 1 aliphatic rings. The van der Waals surface area contributed by atoms with Crippen molar-refractivity contribution in [3.8, 4) is 5.75 Å². The number of nitrogens with two attached hydrogens (primary N) is 1. The van der Waals surface area contributed by atoms with E-state index < -0.39 is 0 Å². The maximum atomic E-state index is 12.2. The number of nitrogens with zero attached hydrogens (tertiary/aromatic N) is 1. The lowest BCUT2D eigenvalue weighted by atomic mass is 10.00. The summed E-state index contributed by atoms with van der Waals surface area (Å²) in [7, 11) is 1.47. The van der Waals surface area contributed by atoms with Gasteiger partial charge in [0.15, 0.2) is 0 Å². The Kier molecular flexibility index (Phi) is 3.76. The Bertz CT molecular complexity index is 580. The summed E-state index contributed by atoms with van der Waals surface area (Å²) < 4.78 is 5.25. The highest BCUT2D eigenvalue weighted by molar-refractivity contribution is 7.80. The van der Waals surface area contributed by atoms with Crippen molar-refractivity contribution < 1.29 is 14.3 Å². The van der Waals surface area contributed by atoms with Gasteiger partial charge in [-0.05, 0) is 18.2 Å². The third-order valence-electron chi connectivity index (χ3n) is 3.67. The molecule has 1 fully saturated rings. The lowest BCUT2D eigenvalue weighted by Crippen LogP contribution is -2.31. The summed E-state index contributed by atoms with van der Waals surface area (Å²) in [4.78, 5) is 25.8. The first-order valence-electron chi connectivity index (χ1n) is 6.24. The molecule has 1 aromatic carbocycles. The summed E-state index contributed by atoms with van der Waals surface area (Å²) in [6, 6.07) is 4.94. The van der Waals surface area contributed by atoms with E-state index in [0.717, 1.165) is 0 Å². The molecule has 0 spiro atoms.